The van der Waals surface area contributed by atoms with Crippen LogP contribution in [0.5, 0.6) is 28.7 Å². The minimum atomic E-state index is 0.448. The summed E-state index contributed by atoms with van der Waals surface area (Å²) in [6, 6.07) is 19.6. The third-order valence-electron chi connectivity index (χ3n) is 4.42. The van der Waals surface area contributed by atoms with Crippen molar-refractivity contribution in [1.82, 2.24) is 0 Å². The fraction of sp³-hybridized carbons (Fsp3) is 0.217. The van der Waals surface area contributed by atoms with E-state index in [4.69, 9.17) is 23.7 Å². The number of hydrogen-bond acceptors (Lipinski definition) is 5. The highest BCUT2D eigenvalue weighted by molar-refractivity contribution is 5.77. The normalized spacial score (nSPS) is 10.3. The molecule has 28 heavy (non-hydrogen) atoms. The van der Waals surface area contributed by atoms with Gasteiger partial charge in [0.1, 0.15) is 6.61 Å². The minimum absolute atomic E-state index is 0.448. The zero-order valence-corrected chi connectivity index (χ0v) is 16.5. The lowest BCUT2D eigenvalue weighted by Gasteiger charge is -2.17. The Morgan fingerprint density at radius 3 is 1.93 bits per heavy atom. The summed E-state index contributed by atoms with van der Waals surface area (Å²) in [6.07, 6.45) is 0. The zero-order chi connectivity index (χ0) is 19.9. The molecule has 0 saturated carbocycles. The van der Waals surface area contributed by atoms with E-state index in [0.29, 0.717) is 35.4 Å². The van der Waals surface area contributed by atoms with Gasteiger partial charge in [0.15, 0.2) is 23.0 Å². The average molecular weight is 380 g/mol. The first-order valence-corrected chi connectivity index (χ1v) is 8.86. The maximum Gasteiger partial charge on any atom is 0.203 e. The quantitative estimate of drug-likeness (QED) is 0.552. The fourth-order valence-corrected chi connectivity index (χ4v) is 3.02. The van der Waals surface area contributed by atoms with E-state index in [1.165, 1.54) is 0 Å². The Labute approximate surface area is 165 Å². The van der Waals surface area contributed by atoms with E-state index in [0.717, 1.165) is 16.7 Å². The van der Waals surface area contributed by atoms with Gasteiger partial charge in [-0.05, 0) is 35.4 Å². The van der Waals surface area contributed by atoms with E-state index in [9.17, 15) is 0 Å². The van der Waals surface area contributed by atoms with E-state index in [1.807, 2.05) is 60.7 Å². The summed E-state index contributed by atoms with van der Waals surface area (Å²) >= 11 is 0. The highest BCUT2D eigenvalue weighted by Gasteiger charge is 2.18. The first-order chi connectivity index (χ1) is 13.7. The molecule has 0 N–H and O–H groups in total. The van der Waals surface area contributed by atoms with E-state index in [1.54, 1.807) is 28.4 Å². The van der Waals surface area contributed by atoms with Gasteiger partial charge < -0.3 is 23.7 Å². The molecule has 146 valence electrons. The van der Waals surface area contributed by atoms with E-state index < -0.39 is 0 Å². The van der Waals surface area contributed by atoms with Crippen LogP contribution in [0.3, 0.4) is 0 Å². The summed E-state index contributed by atoms with van der Waals surface area (Å²) in [7, 11) is 6.42. The predicted octanol–water partition coefficient (Wildman–Crippen LogP) is 4.97. The summed E-state index contributed by atoms with van der Waals surface area (Å²) in [4.78, 5) is 0. The summed E-state index contributed by atoms with van der Waals surface area (Å²) in [5.74, 6) is 3.07. The van der Waals surface area contributed by atoms with E-state index in [2.05, 4.69) is 0 Å². The molecule has 0 unspecified atom stereocenters. The van der Waals surface area contributed by atoms with Gasteiger partial charge in [-0.3, -0.25) is 0 Å². The van der Waals surface area contributed by atoms with Crippen molar-refractivity contribution in [2.45, 2.75) is 6.61 Å². The van der Waals surface area contributed by atoms with Gasteiger partial charge in [-0.1, -0.05) is 36.4 Å². The van der Waals surface area contributed by atoms with Gasteiger partial charge in [0, 0.05) is 5.56 Å². The molecule has 0 aliphatic carbocycles. The number of ether oxygens (including phenoxy) is 5. The average Bonchev–Trinajstić information content (AvgIpc) is 2.76. The second-order valence-electron chi connectivity index (χ2n) is 6.02. The van der Waals surface area contributed by atoms with Crippen LogP contribution < -0.4 is 23.7 Å². The van der Waals surface area contributed by atoms with Gasteiger partial charge in [-0.25, -0.2) is 0 Å². The molecule has 3 aromatic carbocycles. The maximum absolute atomic E-state index is 6.03. The zero-order valence-electron chi connectivity index (χ0n) is 16.5. The van der Waals surface area contributed by atoms with Gasteiger partial charge in [-0.15, -0.1) is 0 Å². The van der Waals surface area contributed by atoms with Crippen LogP contribution in [-0.4, -0.2) is 28.4 Å². The molecule has 0 atom stereocenters. The van der Waals surface area contributed by atoms with Crippen LogP contribution in [0, 0.1) is 0 Å². The Balaban J connectivity index is 1.99. The Hall–Kier alpha value is -3.34. The van der Waals surface area contributed by atoms with Gasteiger partial charge in [0.25, 0.3) is 0 Å². The molecule has 0 aromatic heterocycles. The van der Waals surface area contributed by atoms with Crippen molar-refractivity contribution in [3.05, 3.63) is 66.2 Å². The van der Waals surface area contributed by atoms with Crippen LogP contribution in [0.4, 0.5) is 0 Å². The van der Waals surface area contributed by atoms with Crippen molar-refractivity contribution in [3.63, 3.8) is 0 Å². The minimum Gasteiger partial charge on any atom is -0.493 e. The number of benzene rings is 3. The number of rotatable bonds is 8. The van der Waals surface area contributed by atoms with Crippen molar-refractivity contribution < 1.29 is 23.7 Å². The highest BCUT2D eigenvalue weighted by atomic mass is 16.5. The monoisotopic (exact) mass is 380 g/mol. The lowest BCUT2D eigenvalue weighted by atomic mass is 10.0. The Morgan fingerprint density at radius 1 is 0.607 bits per heavy atom. The van der Waals surface area contributed by atoms with Crippen LogP contribution in [0.1, 0.15) is 5.56 Å². The van der Waals surface area contributed by atoms with Crippen molar-refractivity contribution in [1.29, 1.82) is 0 Å². The van der Waals surface area contributed by atoms with Gasteiger partial charge in [-0.2, -0.15) is 0 Å². The second kappa shape index (κ2) is 9.04. The topological polar surface area (TPSA) is 46.2 Å². The van der Waals surface area contributed by atoms with E-state index in [-0.39, 0.29) is 0 Å². The second-order valence-corrected chi connectivity index (χ2v) is 6.02. The molecule has 0 bridgehead atoms. The van der Waals surface area contributed by atoms with Crippen LogP contribution in [0.2, 0.25) is 0 Å². The Kier molecular flexibility index (Phi) is 6.27. The molecule has 0 aliphatic rings. The smallest absolute Gasteiger partial charge is 0.203 e. The molecular weight excluding hydrogens is 356 g/mol. The van der Waals surface area contributed by atoms with Crippen LogP contribution in [0.15, 0.2) is 60.7 Å². The van der Waals surface area contributed by atoms with Gasteiger partial charge in [0.2, 0.25) is 5.75 Å². The third-order valence-corrected chi connectivity index (χ3v) is 4.42. The summed E-state index contributed by atoms with van der Waals surface area (Å²) < 4.78 is 28.0. The standard InChI is InChI=1S/C23H24O5/c1-24-19-12-10-17(14-21(19)28-15-16-8-6-5-7-9-16)18-11-13-20(25-2)23(27-4)22(18)26-3/h5-14H,15H2,1-4H3. The fourth-order valence-electron chi connectivity index (χ4n) is 3.02. The molecular formula is C23H24O5. The largest absolute Gasteiger partial charge is 0.493 e. The summed E-state index contributed by atoms with van der Waals surface area (Å²) in [6.45, 7) is 0.448. The number of methoxy groups -OCH3 is 4. The van der Waals surface area contributed by atoms with Gasteiger partial charge in [0.05, 0.1) is 28.4 Å². The third kappa shape index (κ3) is 3.98. The summed E-state index contributed by atoms with van der Waals surface area (Å²) in [5, 5.41) is 0. The number of hydrogen-bond donors (Lipinski definition) is 0. The van der Waals surface area contributed by atoms with Crippen LogP contribution in [0.25, 0.3) is 11.1 Å². The molecule has 5 nitrogen and oxygen atoms in total. The molecule has 5 heteroatoms. The lowest BCUT2D eigenvalue weighted by molar-refractivity contribution is 0.284. The van der Waals surface area contributed by atoms with Crippen molar-refractivity contribution in [2.75, 3.05) is 28.4 Å². The lowest BCUT2D eigenvalue weighted by Crippen LogP contribution is -1.99. The highest BCUT2D eigenvalue weighted by Crippen LogP contribution is 2.45. The van der Waals surface area contributed by atoms with Crippen molar-refractivity contribution in [3.8, 4) is 39.9 Å². The SMILES string of the molecule is COc1ccc(-c2ccc(OC)c(OC)c2OC)cc1OCc1ccccc1. The van der Waals surface area contributed by atoms with E-state index >= 15 is 0 Å². The maximum atomic E-state index is 6.03. The predicted molar refractivity (Wildman–Crippen MR) is 109 cm³/mol. The Bertz CT molecular complexity index is 922. The van der Waals surface area contributed by atoms with Crippen molar-refractivity contribution in [2.24, 2.45) is 0 Å². The van der Waals surface area contributed by atoms with Crippen LogP contribution >= 0.6 is 0 Å². The summed E-state index contributed by atoms with van der Waals surface area (Å²) in [5.41, 5.74) is 2.87. The molecule has 0 radical (unpaired) electrons. The molecule has 0 fully saturated rings. The Morgan fingerprint density at radius 2 is 1.29 bits per heavy atom. The van der Waals surface area contributed by atoms with Crippen molar-refractivity contribution >= 4 is 0 Å². The first-order valence-electron chi connectivity index (χ1n) is 8.86. The van der Waals surface area contributed by atoms with Gasteiger partial charge >= 0.3 is 0 Å². The molecule has 0 aliphatic heterocycles. The molecule has 3 rings (SSSR count). The molecule has 0 spiro atoms. The van der Waals surface area contributed by atoms with Crippen LogP contribution in [-0.2, 0) is 6.61 Å². The molecule has 3 aromatic rings. The molecule has 0 heterocycles. The first kappa shape index (κ1) is 19.4. The molecule has 0 saturated heterocycles. The molecule has 0 amide bonds.